The summed E-state index contributed by atoms with van der Waals surface area (Å²) in [4.78, 5) is 4.32. The minimum Gasteiger partial charge on any atom is -0.489 e. The maximum Gasteiger partial charge on any atom is 0.150 e. The Labute approximate surface area is 135 Å². The molecule has 20 heavy (non-hydrogen) atoms. The predicted molar refractivity (Wildman–Crippen MR) is 85.5 cm³/mol. The molecule has 0 radical (unpaired) electrons. The number of aliphatic hydroxyl groups excluding tert-OH is 1. The van der Waals surface area contributed by atoms with Crippen LogP contribution in [0.25, 0.3) is 0 Å². The van der Waals surface area contributed by atoms with Crippen LogP contribution >= 0.6 is 46.3 Å². The molecule has 0 saturated heterocycles. The van der Waals surface area contributed by atoms with Crippen molar-refractivity contribution in [3.05, 3.63) is 39.3 Å². The maximum atomic E-state index is 9.89. The van der Waals surface area contributed by atoms with Gasteiger partial charge in [-0.05, 0) is 25.1 Å². The molecule has 0 bridgehead atoms. The lowest BCUT2D eigenvalue weighted by Crippen LogP contribution is -2.20. The van der Waals surface area contributed by atoms with E-state index in [1.54, 1.807) is 29.5 Å². The Bertz CT molecular complexity index is 577. The van der Waals surface area contributed by atoms with Crippen LogP contribution in [0.5, 0.6) is 5.75 Å². The molecule has 0 amide bonds. The molecule has 3 nitrogen and oxygen atoms in total. The van der Waals surface area contributed by atoms with Gasteiger partial charge in [0.1, 0.15) is 16.7 Å². The van der Waals surface area contributed by atoms with Gasteiger partial charge in [-0.3, -0.25) is 0 Å². The molecule has 1 heterocycles. The van der Waals surface area contributed by atoms with E-state index in [4.69, 9.17) is 27.9 Å². The fourth-order valence-corrected chi connectivity index (χ4v) is 3.64. The Morgan fingerprint density at radius 2 is 2.25 bits per heavy atom. The second-order valence-corrected chi connectivity index (χ2v) is 7.07. The molecule has 2 rings (SSSR count). The molecule has 1 aromatic heterocycles. The molecule has 2 aromatic rings. The fourth-order valence-electron chi connectivity index (χ4n) is 1.39. The van der Waals surface area contributed by atoms with Gasteiger partial charge in [-0.2, -0.15) is 0 Å². The fraction of sp³-hybridized carbons (Fsp3) is 0.308. The number of aryl methyl sites for hydroxylation is 1. The molecule has 108 valence electrons. The largest absolute Gasteiger partial charge is 0.489 e. The quantitative estimate of drug-likeness (QED) is 0.789. The zero-order valence-electron chi connectivity index (χ0n) is 10.7. The van der Waals surface area contributed by atoms with E-state index in [9.17, 15) is 5.11 Å². The average molecular weight is 350 g/mol. The van der Waals surface area contributed by atoms with E-state index in [1.165, 1.54) is 11.8 Å². The van der Waals surface area contributed by atoms with Crippen molar-refractivity contribution in [3.8, 4) is 5.75 Å². The highest BCUT2D eigenvalue weighted by Gasteiger charge is 2.10. The molecule has 1 aromatic carbocycles. The molecular weight excluding hydrogens is 337 g/mol. The Hall–Kier alpha value is -0.460. The van der Waals surface area contributed by atoms with Crippen LogP contribution < -0.4 is 4.74 Å². The minimum absolute atomic E-state index is 0.179. The van der Waals surface area contributed by atoms with Crippen LogP contribution in [0.1, 0.15) is 5.69 Å². The van der Waals surface area contributed by atoms with Crippen LogP contribution in [0, 0.1) is 6.92 Å². The Balaban J connectivity index is 1.78. The van der Waals surface area contributed by atoms with Gasteiger partial charge in [0.15, 0.2) is 0 Å². The first kappa shape index (κ1) is 15.9. The number of thioether (sulfide) groups is 1. The highest BCUT2D eigenvalue weighted by molar-refractivity contribution is 8.01. The summed E-state index contributed by atoms with van der Waals surface area (Å²) < 4.78 is 6.43. The van der Waals surface area contributed by atoms with Crippen molar-refractivity contribution >= 4 is 46.3 Å². The normalized spacial score (nSPS) is 12.4. The number of halogens is 2. The predicted octanol–water partition coefficient (Wildman–Crippen LogP) is 4.29. The minimum atomic E-state index is -0.587. The smallest absolute Gasteiger partial charge is 0.150 e. The van der Waals surface area contributed by atoms with Crippen LogP contribution in [0.2, 0.25) is 10.0 Å². The van der Waals surface area contributed by atoms with E-state index < -0.39 is 6.10 Å². The van der Waals surface area contributed by atoms with Gasteiger partial charge < -0.3 is 9.84 Å². The van der Waals surface area contributed by atoms with Crippen molar-refractivity contribution < 1.29 is 9.84 Å². The van der Waals surface area contributed by atoms with E-state index in [1.807, 2.05) is 12.3 Å². The van der Waals surface area contributed by atoms with Crippen molar-refractivity contribution in [1.82, 2.24) is 4.98 Å². The monoisotopic (exact) mass is 349 g/mol. The summed E-state index contributed by atoms with van der Waals surface area (Å²) in [7, 11) is 0. The zero-order valence-corrected chi connectivity index (χ0v) is 13.8. The molecule has 1 unspecified atom stereocenters. The summed E-state index contributed by atoms with van der Waals surface area (Å²) >= 11 is 14.9. The van der Waals surface area contributed by atoms with Crippen molar-refractivity contribution in [2.45, 2.75) is 17.4 Å². The number of aromatic nitrogens is 1. The highest BCUT2D eigenvalue weighted by Crippen LogP contribution is 2.28. The van der Waals surface area contributed by atoms with Crippen molar-refractivity contribution in [1.29, 1.82) is 0 Å². The molecule has 0 fully saturated rings. The third kappa shape index (κ3) is 4.82. The molecule has 1 atom stereocenters. The summed E-state index contributed by atoms with van der Waals surface area (Å²) in [6.45, 7) is 2.13. The van der Waals surface area contributed by atoms with E-state index in [0.717, 1.165) is 10.0 Å². The van der Waals surface area contributed by atoms with E-state index in [2.05, 4.69) is 4.98 Å². The van der Waals surface area contributed by atoms with E-state index in [-0.39, 0.29) is 6.61 Å². The summed E-state index contributed by atoms with van der Waals surface area (Å²) in [5.41, 5.74) is 0.996. The summed E-state index contributed by atoms with van der Waals surface area (Å²) in [6, 6.07) is 4.99. The molecule has 0 aliphatic rings. The number of thiazole rings is 1. The standard InChI is InChI=1S/C13H13Cl2NO2S2/c1-8-6-19-13(16-8)20-7-10(17)5-18-12-3-2-9(14)4-11(12)15/h2-4,6,10,17H,5,7H2,1H3. The molecular formula is C13H13Cl2NO2S2. The molecule has 1 N–H and O–H groups in total. The van der Waals surface area contributed by atoms with Gasteiger partial charge in [0.25, 0.3) is 0 Å². The number of hydrogen-bond donors (Lipinski definition) is 1. The first-order valence-electron chi connectivity index (χ1n) is 5.85. The SMILES string of the molecule is Cc1csc(SCC(O)COc2ccc(Cl)cc2Cl)n1. The van der Waals surface area contributed by atoms with E-state index in [0.29, 0.717) is 21.5 Å². The second-order valence-electron chi connectivity index (χ2n) is 4.11. The van der Waals surface area contributed by atoms with Crippen LogP contribution in [-0.4, -0.2) is 28.6 Å². The third-order valence-electron chi connectivity index (χ3n) is 2.32. The van der Waals surface area contributed by atoms with Gasteiger partial charge in [0.2, 0.25) is 0 Å². The van der Waals surface area contributed by atoms with Crippen LogP contribution in [0.4, 0.5) is 0 Å². The lowest BCUT2D eigenvalue weighted by molar-refractivity contribution is 0.126. The van der Waals surface area contributed by atoms with Gasteiger partial charge in [-0.25, -0.2) is 4.98 Å². The Morgan fingerprint density at radius 3 is 2.90 bits per heavy atom. The second kappa shape index (κ2) is 7.52. The summed E-state index contributed by atoms with van der Waals surface area (Å²) in [5.74, 6) is 1.04. The summed E-state index contributed by atoms with van der Waals surface area (Å²) in [6.07, 6.45) is -0.587. The van der Waals surface area contributed by atoms with Gasteiger partial charge in [-0.1, -0.05) is 35.0 Å². The highest BCUT2D eigenvalue weighted by atomic mass is 35.5. The lowest BCUT2D eigenvalue weighted by Gasteiger charge is -2.12. The number of rotatable bonds is 6. The number of ether oxygens (including phenoxy) is 1. The maximum absolute atomic E-state index is 9.89. The Kier molecular flexibility index (Phi) is 5.99. The number of benzene rings is 1. The topological polar surface area (TPSA) is 42.4 Å². The average Bonchev–Trinajstić information content (AvgIpc) is 2.81. The Morgan fingerprint density at radius 1 is 1.45 bits per heavy atom. The van der Waals surface area contributed by atoms with Crippen molar-refractivity contribution in [2.24, 2.45) is 0 Å². The first-order valence-corrected chi connectivity index (χ1v) is 8.47. The van der Waals surface area contributed by atoms with E-state index >= 15 is 0 Å². The summed E-state index contributed by atoms with van der Waals surface area (Å²) in [5, 5.41) is 12.9. The number of hydrogen-bond acceptors (Lipinski definition) is 5. The van der Waals surface area contributed by atoms with Crippen molar-refractivity contribution in [2.75, 3.05) is 12.4 Å². The molecule has 0 aliphatic heterocycles. The van der Waals surface area contributed by atoms with Gasteiger partial charge in [0, 0.05) is 21.8 Å². The first-order chi connectivity index (χ1) is 9.54. The van der Waals surface area contributed by atoms with Crippen LogP contribution in [0.3, 0.4) is 0 Å². The molecule has 0 spiro atoms. The third-order valence-corrected chi connectivity index (χ3v) is 5.14. The molecule has 0 aliphatic carbocycles. The number of aliphatic hydroxyl groups is 1. The molecule has 7 heteroatoms. The van der Waals surface area contributed by atoms with Gasteiger partial charge in [0.05, 0.1) is 11.1 Å². The number of nitrogens with zero attached hydrogens (tertiary/aromatic N) is 1. The zero-order chi connectivity index (χ0) is 14.5. The van der Waals surface area contributed by atoms with Gasteiger partial charge >= 0.3 is 0 Å². The van der Waals surface area contributed by atoms with Crippen LogP contribution in [0.15, 0.2) is 27.9 Å². The van der Waals surface area contributed by atoms with Gasteiger partial charge in [-0.15, -0.1) is 11.3 Å². The van der Waals surface area contributed by atoms with Crippen LogP contribution in [-0.2, 0) is 0 Å². The lowest BCUT2D eigenvalue weighted by atomic mass is 10.3. The van der Waals surface area contributed by atoms with Crippen molar-refractivity contribution in [3.63, 3.8) is 0 Å². The molecule has 0 saturated carbocycles.